The third-order valence-electron chi connectivity index (χ3n) is 3.36. The number of nitrogens with zero attached hydrogens (tertiary/aromatic N) is 3. The zero-order chi connectivity index (χ0) is 12.1. The molecule has 1 aromatic heterocycles. The Morgan fingerprint density at radius 3 is 3.24 bits per heavy atom. The summed E-state index contributed by atoms with van der Waals surface area (Å²) in [7, 11) is 2.17. The Hall–Kier alpha value is -1.60. The molecule has 1 aromatic rings. The van der Waals surface area contributed by atoms with E-state index in [1.54, 1.807) is 6.20 Å². The third kappa shape index (κ3) is 2.95. The van der Waals surface area contributed by atoms with Crippen LogP contribution in [0.15, 0.2) is 18.3 Å². The number of rotatable bonds is 3. The average Bonchev–Trinajstić information content (AvgIpc) is 2.38. The highest BCUT2D eigenvalue weighted by molar-refractivity contribution is 5.53. The maximum absolute atomic E-state index is 8.94. The molecule has 90 valence electrons. The quantitative estimate of drug-likeness (QED) is 0.861. The molecule has 1 saturated heterocycles. The van der Waals surface area contributed by atoms with Gasteiger partial charge in [-0.25, -0.2) is 4.98 Å². The van der Waals surface area contributed by atoms with Crippen molar-refractivity contribution in [1.29, 1.82) is 5.26 Å². The smallest absolute Gasteiger partial charge is 0.163 e. The van der Waals surface area contributed by atoms with Crippen LogP contribution < -0.4 is 5.32 Å². The summed E-state index contributed by atoms with van der Waals surface area (Å²) < 4.78 is 0. The Labute approximate surface area is 102 Å². The van der Waals surface area contributed by atoms with Gasteiger partial charge in [0, 0.05) is 18.8 Å². The van der Waals surface area contributed by atoms with Gasteiger partial charge in [0.15, 0.2) is 5.69 Å². The van der Waals surface area contributed by atoms with E-state index >= 15 is 0 Å². The van der Waals surface area contributed by atoms with Gasteiger partial charge < -0.3 is 10.2 Å². The van der Waals surface area contributed by atoms with E-state index in [2.05, 4.69) is 28.3 Å². The minimum absolute atomic E-state index is 0.478. The molecule has 1 N–H and O–H groups in total. The Morgan fingerprint density at radius 2 is 2.47 bits per heavy atom. The molecule has 17 heavy (non-hydrogen) atoms. The highest BCUT2D eigenvalue weighted by Gasteiger charge is 2.18. The first-order valence-electron chi connectivity index (χ1n) is 6.10. The lowest BCUT2D eigenvalue weighted by Crippen LogP contribution is -2.40. The van der Waals surface area contributed by atoms with Crippen molar-refractivity contribution in [2.45, 2.75) is 25.3 Å². The van der Waals surface area contributed by atoms with Gasteiger partial charge in [0.1, 0.15) is 6.07 Å². The molecule has 4 heteroatoms. The lowest BCUT2D eigenvalue weighted by molar-refractivity contribution is 0.194. The van der Waals surface area contributed by atoms with Crippen LogP contribution in [0.5, 0.6) is 0 Å². The highest BCUT2D eigenvalue weighted by Crippen LogP contribution is 2.17. The summed E-state index contributed by atoms with van der Waals surface area (Å²) in [6, 6.07) is 6.44. The molecule has 0 aliphatic carbocycles. The number of pyridine rings is 1. The van der Waals surface area contributed by atoms with Crippen LogP contribution in [0, 0.1) is 11.3 Å². The summed E-state index contributed by atoms with van der Waals surface area (Å²) in [4.78, 5) is 6.43. The van der Waals surface area contributed by atoms with Gasteiger partial charge in [-0.1, -0.05) is 6.42 Å². The normalized spacial score (nSPS) is 20.8. The molecule has 1 atom stereocenters. The monoisotopic (exact) mass is 230 g/mol. The van der Waals surface area contributed by atoms with E-state index in [0.29, 0.717) is 11.7 Å². The van der Waals surface area contributed by atoms with Gasteiger partial charge in [-0.05, 0) is 38.6 Å². The molecule has 0 bridgehead atoms. The molecule has 0 spiro atoms. The molecular weight excluding hydrogens is 212 g/mol. The average molecular weight is 230 g/mol. The summed E-state index contributed by atoms with van der Waals surface area (Å²) in [6.07, 6.45) is 5.47. The number of likely N-dealkylation sites (tertiary alicyclic amines) is 1. The fourth-order valence-electron chi connectivity index (χ4n) is 2.27. The summed E-state index contributed by atoms with van der Waals surface area (Å²) in [6.45, 7) is 2.06. The SMILES string of the molecule is CN1CCCCC1CNc1cccnc1C#N. The molecule has 1 unspecified atom stereocenters. The van der Waals surface area contributed by atoms with Crippen LogP contribution in [-0.4, -0.2) is 36.1 Å². The molecule has 4 nitrogen and oxygen atoms in total. The Kier molecular flexibility index (Phi) is 3.94. The third-order valence-corrected chi connectivity index (χ3v) is 3.36. The van der Waals surface area contributed by atoms with Crippen LogP contribution in [0.1, 0.15) is 25.0 Å². The second kappa shape index (κ2) is 5.65. The van der Waals surface area contributed by atoms with Crippen LogP contribution in [0.25, 0.3) is 0 Å². The second-order valence-electron chi connectivity index (χ2n) is 4.52. The van der Waals surface area contributed by atoms with Crippen molar-refractivity contribution in [3.8, 4) is 6.07 Å². The number of likely N-dealkylation sites (N-methyl/N-ethyl adjacent to an activating group) is 1. The first kappa shape index (κ1) is 11.9. The second-order valence-corrected chi connectivity index (χ2v) is 4.52. The van der Waals surface area contributed by atoms with E-state index < -0.39 is 0 Å². The number of nitrogens with one attached hydrogen (secondary N) is 1. The molecule has 0 aromatic carbocycles. The van der Waals surface area contributed by atoms with E-state index in [-0.39, 0.29) is 0 Å². The summed E-state index contributed by atoms with van der Waals surface area (Å²) >= 11 is 0. The predicted molar refractivity (Wildman–Crippen MR) is 67.7 cm³/mol. The van der Waals surface area contributed by atoms with E-state index in [1.807, 2.05) is 12.1 Å². The molecule has 1 aliphatic heterocycles. The fraction of sp³-hybridized carbons (Fsp3) is 0.538. The number of hydrogen-bond donors (Lipinski definition) is 1. The maximum atomic E-state index is 8.94. The largest absolute Gasteiger partial charge is 0.381 e. The topological polar surface area (TPSA) is 52.0 Å². The van der Waals surface area contributed by atoms with Gasteiger partial charge in [0.2, 0.25) is 0 Å². The Bertz CT molecular complexity index is 410. The van der Waals surface area contributed by atoms with Gasteiger partial charge in [0.05, 0.1) is 5.69 Å². The number of hydrogen-bond acceptors (Lipinski definition) is 4. The number of aromatic nitrogens is 1. The molecule has 2 heterocycles. The summed E-state index contributed by atoms with van der Waals surface area (Å²) in [5.74, 6) is 0. The predicted octanol–water partition coefficient (Wildman–Crippen LogP) is 1.85. The molecule has 0 radical (unpaired) electrons. The van der Waals surface area contributed by atoms with E-state index in [1.165, 1.54) is 25.8 Å². The Morgan fingerprint density at radius 1 is 1.59 bits per heavy atom. The standard InChI is InChI=1S/C13H18N4/c1-17-8-3-2-5-11(17)10-16-12-6-4-7-15-13(12)9-14/h4,6-7,11,16H,2-3,5,8,10H2,1H3. The van der Waals surface area contributed by atoms with E-state index in [0.717, 1.165) is 12.2 Å². The van der Waals surface area contributed by atoms with E-state index in [9.17, 15) is 0 Å². The first-order valence-corrected chi connectivity index (χ1v) is 6.10. The molecule has 0 saturated carbocycles. The van der Waals surface area contributed by atoms with Crippen molar-refractivity contribution in [1.82, 2.24) is 9.88 Å². The van der Waals surface area contributed by atoms with Gasteiger partial charge in [-0.3, -0.25) is 0 Å². The van der Waals surface area contributed by atoms with Crippen molar-refractivity contribution >= 4 is 5.69 Å². The fourth-order valence-corrected chi connectivity index (χ4v) is 2.27. The lowest BCUT2D eigenvalue weighted by Gasteiger charge is -2.32. The van der Waals surface area contributed by atoms with Gasteiger partial charge >= 0.3 is 0 Å². The van der Waals surface area contributed by atoms with Crippen LogP contribution in [0.3, 0.4) is 0 Å². The van der Waals surface area contributed by atoms with Crippen molar-refractivity contribution in [2.75, 3.05) is 25.5 Å². The Balaban J connectivity index is 1.95. The molecular formula is C13H18N4. The van der Waals surface area contributed by atoms with Crippen LogP contribution in [-0.2, 0) is 0 Å². The first-order chi connectivity index (χ1) is 8.31. The number of piperidine rings is 1. The zero-order valence-corrected chi connectivity index (χ0v) is 10.2. The molecule has 0 amide bonds. The number of nitriles is 1. The van der Waals surface area contributed by atoms with Crippen molar-refractivity contribution in [3.05, 3.63) is 24.0 Å². The van der Waals surface area contributed by atoms with Gasteiger partial charge in [-0.15, -0.1) is 0 Å². The molecule has 2 rings (SSSR count). The van der Waals surface area contributed by atoms with Crippen LogP contribution in [0.4, 0.5) is 5.69 Å². The maximum Gasteiger partial charge on any atom is 0.163 e. The minimum atomic E-state index is 0.478. The van der Waals surface area contributed by atoms with Gasteiger partial charge in [-0.2, -0.15) is 5.26 Å². The zero-order valence-electron chi connectivity index (χ0n) is 10.2. The van der Waals surface area contributed by atoms with Crippen molar-refractivity contribution in [3.63, 3.8) is 0 Å². The van der Waals surface area contributed by atoms with E-state index in [4.69, 9.17) is 5.26 Å². The van der Waals surface area contributed by atoms with Gasteiger partial charge in [0.25, 0.3) is 0 Å². The summed E-state index contributed by atoms with van der Waals surface area (Å²) in [5, 5.41) is 12.3. The minimum Gasteiger partial charge on any atom is -0.381 e. The highest BCUT2D eigenvalue weighted by atomic mass is 15.2. The molecule has 1 fully saturated rings. The van der Waals surface area contributed by atoms with Crippen molar-refractivity contribution < 1.29 is 0 Å². The molecule has 1 aliphatic rings. The summed E-state index contributed by atoms with van der Waals surface area (Å²) in [5.41, 5.74) is 1.32. The van der Waals surface area contributed by atoms with Crippen LogP contribution in [0.2, 0.25) is 0 Å². The number of anilines is 1. The van der Waals surface area contributed by atoms with Crippen molar-refractivity contribution in [2.24, 2.45) is 0 Å². The lowest BCUT2D eigenvalue weighted by atomic mass is 10.0. The van der Waals surface area contributed by atoms with Crippen LogP contribution >= 0.6 is 0 Å².